The molecule has 0 aliphatic carbocycles. The molecule has 0 atom stereocenters. The van der Waals surface area contributed by atoms with Gasteiger partial charge in [0.15, 0.2) is 0 Å². The Morgan fingerprint density at radius 3 is 1.28 bits per heavy atom. The summed E-state index contributed by atoms with van der Waals surface area (Å²) in [6.45, 7) is 0. The molecule has 0 unspecified atom stereocenters. The molecule has 0 N–H and O–H groups in total. The first-order valence-corrected chi connectivity index (χ1v) is 19.9. The standard InChI is InChI=1S/C54H36N4/c1-3-17-37(18-4-1)56-50-30-14-10-26-46(50)54-51(31-16-32-52(54)56)55(39-21-15-22-40(35-39)58-48-28-12-7-23-42(48)43-24-8-13-29-49(43)58)41-33-34-45-44-25-9-11-27-47(44)57(53(45)36-41)38-19-5-2-6-20-38/h1-36H. The van der Waals surface area contributed by atoms with Crippen LogP contribution in [0.25, 0.3) is 82.5 Å². The predicted molar refractivity (Wildman–Crippen MR) is 244 cm³/mol. The molecule has 4 heteroatoms. The number of fused-ring (bicyclic) bond motifs is 9. The molecule has 3 aromatic heterocycles. The molecule has 12 rings (SSSR count). The summed E-state index contributed by atoms with van der Waals surface area (Å²) in [6, 6.07) is 79.2. The molecule has 4 nitrogen and oxygen atoms in total. The molecule has 0 saturated heterocycles. The molecule has 12 aromatic rings. The first-order chi connectivity index (χ1) is 28.8. The Bertz CT molecular complexity index is 3460. The second-order valence-electron chi connectivity index (χ2n) is 15.0. The van der Waals surface area contributed by atoms with E-state index in [0.717, 1.165) is 45.2 Å². The van der Waals surface area contributed by atoms with Crippen LogP contribution in [-0.4, -0.2) is 13.7 Å². The third-order valence-corrected chi connectivity index (χ3v) is 11.8. The monoisotopic (exact) mass is 740 g/mol. The van der Waals surface area contributed by atoms with E-state index in [-0.39, 0.29) is 0 Å². The second-order valence-corrected chi connectivity index (χ2v) is 15.0. The number of aromatic nitrogens is 3. The van der Waals surface area contributed by atoms with Crippen molar-refractivity contribution in [3.05, 3.63) is 218 Å². The molecule has 9 aromatic carbocycles. The van der Waals surface area contributed by atoms with Gasteiger partial charge in [-0.05, 0) is 91.0 Å². The third kappa shape index (κ3) is 4.82. The average Bonchev–Trinajstić information content (AvgIpc) is 3.93. The van der Waals surface area contributed by atoms with Gasteiger partial charge in [-0.15, -0.1) is 0 Å². The van der Waals surface area contributed by atoms with E-state index < -0.39 is 0 Å². The van der Waals surface area contributed by atoms with Crippen molar-refractivity contribution in [1.29, 1.82) is 0 Å². The van der Waals surface area contributed by atoms with Crippen LogP contribution in [0.1, 0.15) is 0 Å². The quantitative estimate of drug-likeness (QED) is 0.166. The van der Waals surface area contributed by atoms with Gasteiger partial charge in [0, 0.05) is 60.8 Å². The van der Waals surface area contributed by atoms with Crippen molar-refractivity contribution in [2.75, 3.05) is 4.90 Å². The number of rotatable bonds is 6. The lowest BCUT2D eigenvalue weighted by molar-refractivity contribution is 1.16. The number of benzene rings is 9. The summed E-state index contributed by atoms with van der Waals surface area (Å²) in [7, 11) is 0. The molecule has 0 aliphatic heterocycles. The minimum absolute atomic E-state index is 1.07. The van der Waals surface area contributed by atoms with Crippen LogP contribution in [-0.2, 0) is 0 Å². The Morgan fingerprint density at radius 1 is 0.259 bits per heavy atom. The molecule has 0 saturated carbocycles. The summed E-state index contributed by atoms with van der Waals surface area (Å²) in [5.41, 5.74) is 13.7. The van der Waals surface area contributed by atoms with Gasteiger partial charge < -0.3 is 18.6 Å². The number of hydrogen-bond acceptors (Lipinski definition) is 1. The van der Waals surface area contributed by atoms with E-state index in [2.05, 4.69) is 237 Å². The first kappa shape index (κ1) is 32.4. The minimum atomic E-state index is 1.07. The largest absolute Gasteiger partial charge is 0.310 e. The maximum Gasteiger partial charge on any atom is 0.0562 e. The molecule has 58 heavy (non-hydrogen) atoms. The van der Waals surface area contributed by atoms with Crippen LogP contribution in [0.2, 0.25) is 0 Å². The number of anilines is 3. The van der Waals surface area contributed by atoms with Crippen LogP contribution in [0.5, 0.6) is 0 Å². The summed E-state index contributed by atoms with van der Waals surface area (Å²) in [5.74, 6) is 0. The molecular formula is C54H36N4. The summed E-state index contributed by atoms with van der Waals surface area (Å²) in [5, 5.41) is 7.37. The van der Waals surface area contributed by atoms with Crippen LogP contribution in [0.4, 0.5) is 17.1 Å². The molecular weight excluding hydrogens is 705 g/mol. The summed E-state index contributed by atoms with van der Waals surface area (Å²) in [6.07, 6.45) is 0. The fraction of sp³-hybridized carbons (Fsp3) is 0. The fourth-order valence-electron chi connectivity index (χ4n) is 9.39. The first-order valence-electron chi connectivity index (χ1n) is 19.9. The molecule has 0 aliphatic rings. The van der Waals surface area contributed by atoms with Crippen molar-refractivity contribution in [3.63, 3.8) is 0 Å². The van der Waals surface area contributed by atoms with Crippen LogP contribution >= 0.6 is 0 Å². The van der Waals surface area contributed by atoms with E-state index in [1.165, 1.54) is 54.4 Å². The van der Waals surface area contributed by atoms with Gasteiger partial charge in [0.1, 0.15) is 0 Å². The normalized spacial score (nSPS) is 11.8. The minimum Gasteiger partial charge on any atom is -0.310 e. The van der Waals surface area contributed by atoms with Crippen LogP contribution < -0.4 is 4.90 Å². The smallest absolute Gasteiger partial charge is 0.0562 e. The Labute approximate surface area is 335 Å². The van der Waals surface area contributed by atoms with Crippen molar-refractivity contribution in [3.8, 4) is 17.1 Å². The highest BCUT2D eigenvalue weighted by atomic mass is 15.2. The molecule has 272 valence electrons. The number of hydrogen-bond donors (Lipinski definition) is 0. The van der Waals surface area contributed by atoms with Crippen LogP contribution in [0.15, 0.2) is 218 Å². The molecule has 0 bridgehead atoms. The maximum absolute atomic E-state index is 2.47. The molecule has 0 fully saturated rings. The summed E-state index contributed by atoms with van der Waals surface area (Å²) >= 11 is 0. The van der Waals surface area contributed by atoms with E-state index in [0.29, 0.717) is 0 Å². The molecule has 3 heterocycles. The van der Waals surface area contributed by atoms with E-state index in [1.54, 1.807) is 0 Å². The summed E-state index contributed by atoms with van der Waals surface area (Å²) < 4.78 is 7.21. The number of para-hydroxylation sites is 6. The van der Waals surface area contributed by atoms with E-state index in [1.807, 2.05) is 0 Å². The third-order valence-electron chi connectivity index (χ3n) is 11.8. The van der Waals surface area contributed by atoms with Gasteiger partial charge in [-0.2, -0.15) is 0 Å². The Kier molecular flexibility index (Phi) is 7.20. The van der Waals surface area contributed by atoms with Gasteiger partial charge in [0.25, 0.3) is 0 Å². The van der Waals surface area contributed by atoms with Gasteiger partial charge in [-0.3, -0.25) is 0 Å². The van der Waals surface area contributed by atoms with Crippen LogP contribution in [0.3, 0.4) is 0 Å². The maximum atomic E-state index is 2.47. The lowest BCUT2D eigenvalue weighted by atomic mass is 10.1. The zero-order valence-electron chi connectivity index (χ0n) is 31.6. The molecule has 0 spiro atoms. The van der Waals surface area contributed by atoms with Gasteiger partial charge in [-0.1, -0.05) is 127 Å². The van der Waals surface area contributed by atoms with Gasteiger partial charge in [0.2, 0.25) is 0 Å². The fourth-order valence-corrected chi connectivity index (χ4v) is 9.39. The zero-order chi connectivity index (χ0) is 38.2. The second kappa shape index (κ2) is 12.9. The topological polar surface area (TPSA) is 18.0 Å². The van der Waals surface area contributed by atoms with Crippen molar-refractivity contribution in [2.45, 2.75) is 0 Å². The van der Waals surface area contributed by atoms with Crippen LogP contribution in [0, 0.1) is 0 Å². The van der Waals surface area contributed by atoms with Gasteiger partial charge >= 0.3 is 0 Å². The Hall–Kier alpha value is -7.82. The van der Waals surface area contributed by atoms with E-state index in [9.17, 15) is 0 Å². The summed E-state index contributed by atoms with van der Waals surface area (Å²) in [4.78, 5) is 2.47. The van der Waals surface area contributed by atoms with Gasteiger partial charge in [-0.25, -0.2) is 0 Å². The highest BCUT2D eigenvalue weighted by Gasteiger charge is 2.23. The highest BCUT2D eigenvalue weighted by molar-refractivity contribution is 6.17. The van der Waals surface area contributed by atoms with E-state index >= 15 is 0 Å². The Balaban J connectivity index is 1.17. The Morgan fingerprint density at radius 2 is 0.672 bits per heavy atom. The average molecular weight is 741 g/mol. The zero-order valence-corrected chi connectivity index (χ0v) is 31.6. The lowest BCUT2D eigenvalue weighted by Crippen LogP contribution is -2.11. The molecule has 0 amide bonds. The lowest BCUT2D eigenvalue weighted by Gasteiger charge is -2.27. The van der Waals surface area contributed by atoms with Crippen molar-refractivity contribution in [1.82, 2.24) is 13.7 Å². The SMILES string of the molecule is c1ccc(-n2c3ccccc3c3ccc(N(c4cccc(-n5c6ccccc6c6ccccc65)c4)c4cccc5c4c4ccccc4n5-c4ccccc4)cc32)cc1. The molecule has 0 radical (unpaired) electrons. The van der Waals surface area contributed by atoms with Gasteiger partial charge in [0.05, 0.1) is 38.8 Å². The van der Waals surface area contributed by atoms with Crippen molar-refractivity contribution in [2.24, 2.45) is 0 Å². The van der Waals surface area contributed by atoms with Crippen molar-refractivity contribution < 1.29 is 0 Å². The predicted octanol–water partition coefficient (Wildman–Crippen LogP) is 14.4. The van der Waals surface area contributed by atoms with E-state index in [4.69, 9.17) is 0 Å². The highest BCUT2D eigenvalue weighted by Crippen LogP contribution is 2.46. The van der Waals surface area contributed by atoms with Crippen molar-refractivity contribution >= 4 is 82.5 Å². The number of nitrogens with zero attached hydrogens (tertiary/aromatic N) is 4.